The van der Waals surface area contributed by atoms with Gasteiger partial charge < -0.3 is 10.1 Å². The van der Waals surface area contributed by atoms with Crippen LogP contribution in [0.15, 0.2) is 36.5 Å². The summed E-state index contributed by atoms with van der Waals surface area (Å²) in [5.41, 5.74) is 2.56. The van der Waals surface area contributed by atoms with Crippen molar-refractivity contribution >= 4 is 0 Å². The lowest BCUT2D eigenvalue weighted by atomic mass is 9.86. The molecule has 0 radical (unpaired) electrons. The number of hydrogen-bond acceptors (Lipinski definition) is 2. The Morgan fingerprint density at radius 2 is 2.07 bits per heavy atom. The van der Waals surface area contributed by atoms with Crippen LogP contribution in [0.5, 0.6) is 0 Å². The van der Waals surface area contributed by atoms with Crippen LogP contribution in [0.3, 0.4) is 0 Å². The molecule has 0 bridgehead atoms. The van der Waals surface area contributed by atoms with Crippen LogP contribution in [0.1, 0.15) is 6.42 Å². The van der Waals surface area contributed by atoms with Crippen molar-refractivity contribution in [3.05, 3.63) is 36.5 Å². The Morgan fingerprint density at radius 3 is 2.57 bits per heavy atom. The van der Waals surface area contributed by atoms with Crippen molar-refractivity contribution in [2.45, 2.75) is 12.5 Å². The first-order valence-corrected chi connectivity index (χ1v) is 5.17. The summed E-state index contributed by atoms with van der Waals surface area (Å²) in [4.78, 5) is 0. The van der Waals surface area contributed by atoms with Crippen LogP contribution < -0.4 is 5.32 Å². The average molecular weight is 191 g/mol. The van der Waals surface area contributed by atoms with Crippen molar-refractivity contribution in [1.29, 1.82) is 0 Å². The predicted molar refractivity (Wildman–Crippen MR) is 58.1 cm³/mol. The first-order chi connectivity index (χ1) is 6.86. The molecule has 2 aliphatic rings. The van der Waals surface area contributed by atoms with Gasteiger partial charge in [-0.25, -0.2) is 0 Å². The van der Waals surface area contributed by atoms with E-state index in [2.05, 4.69) is 18.5 Å². The summed E-state index contributed by atoms with van der Waals surface area (Å²) in [7, 11) is 0. The van der Waals surface area contributed by atoms with Crippen LogP contribution in [-0.4, -0.2) is 25.8 Å². The minimum atomic E-state index is 0.246. The van der Waals surface area contributed by atoms with E-state index in [9.17, 15) is 0 Å². The topological polar surface area (TPSA) is 21.3 Å². The molecule has 2 rings (SSSR count). The van der Waals surface area contributed by atoms with Crippen molar-refractivity contribution in [3.8, 4) is 0 Å². The summed E-state index contributed by atoms with van der Waals surface area (Å²) in [5, 5.41) is 3.27. The van der Waals surface area contributed by atoms with E-state index in [1.54, 1.807) is 0 Å². The lowest BCUT2D eigenvalue weighted by Gasteiger charge is -2.38. The average Bonchev–Trinajstić information content (AvgIpc) is 2.15. The molecule has 2 aliphatic heterocycles. The highest BCUT2D eigenvalue weighted by atomic mass is 16.5. The van der Waals surface area contributed by atoms with Crippen LogP contribution >= 0.6 is 0 Å². The minimum absolute atomic E-state index is 0.246. The molecule has 0 spiro atoms. The third-order valence-corrected chi connectivity index (χ3v) is 3.05. The van der Waals surface area contributed by atoms with E-state index in [1.165, 1.54) is 11.1 Å². The Hall–Kier alpha value is -0.860. The van der Waals surface area contributed by atoms with E-state index in [-0.39, 0.29) is 6.10 Å². The number of allylic oxidation sites excluding steroid dienone is 1. The highest BCUT2D eigenvalue weighted by Gasteiger charge is 2.32. The zero-order valence-electron chi connectivity index (χ0n) is 8.46. The van der Waals surface area contributed by atoms with Gasteiger partial charge in [-0.1, -0.05) is 25.3 Å². The van der Waals surface area contributed by atoms with Crippen LogP contribution in [0.2, 0.25) is 0 Å². The number of hydrogen-bond donors (Lipinski definition) is 1. The Bertz CT molecular complexity index is 276. The van der Waals surface area contributed by atoms with Gasteiger partial charge in [0.15, 0.2) is 0 Å². The number of ether oxygens (including phenoxy) is 1. The highest BCUT2D eigenvalue weighted by Crippen LogP contribution is 2.29. The molecular formula is C12H17NO. The fraction of sp³-hybridized carbons (Fsp3) is 0.500. The predicted octanol–water partition coefficient (Wildman–Crippen LogP) is 1.66. The van der Waals surface area contributed by atoms with Crippen molar-refractivity contribution < 1.29 is 4.74 Å². The second kappa shape index (κ2) is 4.11. The molecule has 0 aromatic heterocycles. The Balaban J connectivity index is 2.22. The van der Waals surface area contributed by atoms with E-state index in [0.29, 0.717) is 5.92 Å². The molecule has 0 saturated carbocycles. The summed E-state index contributed by atoms with van der Waals surface area (Å²) < 4.78 is 5.80. The molecule has 2 nitrogen and oxygen atoms in total. The minimum Gasteiger partial charge on any atom is -0.373 e. The van der Waals surface area contributed by atoms with Crippen molar-refractivity contribution in [2.24, 2.45) is 5.92 Å². The smallest absolute Gasteiger partial charge is 0.0879 e. The Morgan fingerprint density at radius 1 is 1.29 bits per heavy atom. The molecule has 2 heterocycles. The van der Waals surface area contributed by atoms with Gasteiger partial charge in [-0.05, 0) is 17.6 Å². The molecule has 0 aromatic rings. The van der Waals surface area contributed by atoms with Gasteiger partial charge in [0.1, 0.15) is 0 Å². The lowest BCUT2D eigenvalue weighted by Crippen LogP contribution is -2.50. The summed E-state index contributed by atoms with van der Waals surface area (Å²) in [6.07, 6.45) is 5.09. The van der Waals surface area contributed by atoms with Crippen LogP contribution in [0.4, 0.5) is 0 Å². The molecule has 14 heavy (non-hydrogen) atoms. The standard InChI is InChI=1S/C12H17NO/c1-3-9-5-6-14-12(11(9)4-2)10-7-13-8-10/h3-4,10,12-13H,1-2,5-8H2. The van der Waals surface area contributed by atoms with E-state index >= 15 is 0 Å². The van der Waals surface area contributed by atoms with Gasteiger partial charge >= 0.3 is 0 Å². The molecule has 2 heteroatoms. The molecule has 1 saturated heterocycles. The Labute approximate surface area is 85.3 Å². The maximum atomic E-state index is 5.80. The van der Waals surface area contributed by atoms with E-state index < -0.39 is 0 Å². The molecule has 0 aliphatic carbocycles. The molecule has 1 N–H and O–H groups in total. The monoisotopic (exact) mass is 191 g/mol. The van der Waals surface area contributed by atoms with Crippen molar-refractivity contribution in [1.82, 2.24) is 5.32 Å². The molecule has 0 amide bonds. The SMILES string of the molecule is C=CC1=C(C=C)C(C2CNC2)OCC1. The lowest BCUT2D eigenvalue weighted by molar-refractivity contribution is 0.0142. The first kappa shape index (κ1) is 9.69. The second-order valence-corrected chi connectivity index (χ2v) is 3.85. The fourth-order valence-corrected chi connectivity index (χ4v) is 2.09. The quantitative estimate of drug-likeness (QED) is 0.732. The van der Waals surface area contributed by atoms with Crippen LogP contribution in [0, 0.1) is 5.92 Å². The molecular weight excluding hydrogens is 174 g/mol. The van der Waals surface area contributed by atoms with Gasteiger partial charge in [0.25, 0.3) is 0 Å². The van der Waals surface area contributed by atoms with Crippen molar-refractivity contribution in [3.63, 3.8) is 0 Å². The maximum absolute atomic E-state index is 5.80. The molecule has 1 unspecified atom stereocenters. The Kier molecular flexibility index (Phi) is 2.85. The van der Waals surface area contributed by atoms with E-state index in [1.807, 2.05) is 12.2 Å². The highest BCUT2D eigenvalue weighted by molar-refractivity contribution is 5.36. The van der Waals surface area contributed by atoms with E-state index in [0.717, 1.165) is 26.1 Å². The summed E-state index contributed by atoms with van der Waals surface area (Å²) in [5.74, 6) is 0.623. The molecule has 0 aromatic carbocycles. The number of rotatable bonds is 3. The fourth-order valence-electron chi connectivity index (χ4n) is 2.09. The first-order valence-electron chi connectivity index (χ1n) is 5.17. The zero-order chi connectivity index (χ0) is 9.97. The van der Waals surface area contributed by atoms with Gasteiger partial charge in [-0.15, -0.1) is 0 Å². The van der Waals surface area contributed by atoms with Crippen molar-refractivity contribution in [2.75, 3.05) is 19.7 Å². The zero-order valence-corrected chi connectivity index (χ0v) is 8.46. The van der Waals surface area contributed by atoms with Gasteiger partial charge in [0.05, 0.1) is 12.7 Å². The largest absolute Gasteiger partial charge is 0.373 e. The third-order valence-electron chi connectivity index (χ3n) is 3.05. The van der Waals surface area contributed by atoms with E-state index in [4.69, 9.17) is 4.74 Å². The summed E-state index contributed by atoms with van der Waals surface area (Å²) in [6, 6.07) is 0. The molecule has 1 fully saturated rings. The van der Waals surface area contributed by atoms with Crippen LogP contribution in [0.25, 0.3) is 0 Å². The normalized spacial score (nSPS) is 28.4. The summed E-state index contributed by atoms with van der Waals surface area (Å²) in [6.45, 7) is 10.7. The third kappa shape index (κ3) is 1.56. The maximum Gasteiger partial charge on any atom is 0.0879 e. The van der Waals surface area contributed by atoms with Crippen LogP contribution in [-0.2, 0) is 4.74 Å². The molecule has 1 atom stereocenters. The summed E-state index contributed by atoms with van der Waals surface area (Å²) >= 11 is 0. The second-order valence-electron chi connectivity index (χ2n) is 3.85. The van der Waals surface area contributed by atoms with Gasteiger partial charge in [0, 0.05) is 19.0 Å². The van der Waals surface area contributed by atoms with Gasteiger partial charge in [-0.3, -0.25) is 0 Å². The van der Waals surface area contributed by atoms with Gasteiger partial charge in [0.2, 0.25) is 0 Å². The number of nitrogens with one attached hydrogen (secondary N) is 1. The molecule has 76 valence electrons. The van der Waals surface area contributed by atoms with Gasteiger partial charge in [-0.2, -0.15) is 0 Å².